The molecule has 0 aromatic carbocycles. The van der Waals surface area contributed by atoms with Gasteiger partial charge in [-0.1, -0.05) is 0 Å². The van der Waals surface area contributed by atoms with Crippen LogP contribution in [0.1, 0.15) is 17.3 Å². The van der Waals surface area contributed by atoms with Crippen LogP contribution in [-0.4, -0.2) is 45.2 Å². The van der Waals surface area contributed by atoms with E-state index in [0.717, 1.165) is 11.1 Å². The summed E-state index contributed by atoms with van der Waals surface area (Å²) in [4.78, 5) is 62.1. The molecule has 9 heteroatoms. The Hall–Kier alpha value is -2.71. The SMILES string of the molecule is CC1C(=O)NC(=O)CN1C(=O)c1c[nH]c(=O)[nH]c1=O. The van der Waals surface area contributed by atoms with Crippen molar-refractivity contribution in [3.8, 4) is 0 Å². The van der Waals surface area contributed by atoms with Gasteiger partial charge in [-0.05, 0) is 6.92 Å². The molecule has 1 atom stereocenters. The molecule has 3 amide bonds. The van der Waals surface area contributed by atoms with Crippen molar-refractivity contribution < 1.29 is 14.4 Å². The summed E-state index contributed by atoms with van der Waals surface area (Å²) < 4.78 is 0. The lowest BCUT2D eigenvalue weighted by Gasteiger charge is -2.31. The minimum atomic E-state index is -0.878. The number of nitrogens with zero attached hydrogens (tertiary/aromatic N) is 1. The monoisotopic (exact) mass is 266 g/mol. The Bertz CT molecular complexity index is 673. The lowest BCUT2D eigenvalue weighted by atomic mass is 10.1. The van der Waals surface area contributed by atoms with Gasteiger partial charge in [-0.25, -0.2) is 4.79 Å². The van der Waals surface area contributed by atoms with Gasteiger partial charge >= 0.3 is 5.69 Å². The molecule has 2 rings (SSSR count). The number of nitrogens with one attached hydrogen (secondary N) is 3. The lowest BCUT2D eigenvalue weighted by molar-refractivity contribution is -0.138. The summed E-state index contributed by atoms with van der Waals surface area (Å²) in [6, 6.07) is -0.878. The van der Waals surface area contributed by atoms with Gasteiger partial charge in [0.1, 0.15) is 18.2 Å². The molecule has 2 heterocycles. The smallest absolute Gasteiger partial charge is 0.317 e. The van der Waals surface area contributed by atoms with Crippen LogP contribution in [0.4, 0.5) is 0 Å². The van der Waals surface area contributed by atoms with Crippen molar-refractivity contribution in [1.29, 1.82) is 0 Å². The van der Waals surface area contributed by atoms with E-state index in [1.54, 1.807) is 0 Å². The van der Waals surface area contributed by atoms with Crippen molar-refractivity contribution in [1.82, 2.24) is 20.2 Å². The predicted molar refractivity (Wildman–Crippen MR) is 61.3 cm³/mol. The molecule has 0 spiro atoms. The molecule has 1 fully saturated rings. The maximum Gasteiger partial charge on any atom is 0.325 e. The van der Waals surface area contributed by atoms with Gasteiger partial charge in [0.2, 0.25) is 11.8 Å². The number of rotatable bonds is 1. The van der Waals surface area contributed by atoms with Crippen LogP contribution >= 0.6 is 0 Å². The van der Waals surface area contributed by atoms with Gasteiger partial charge in [-0.3, -0.25) is 29.5 Å². The highest BCUT2D eigenvalue weighted by Gasteiger charge is 2.34. The van der Waals surface area contributed by atoms with E-state index in [1.807, 2.05) is 4.98 Å². The van der Waals surface area contributed by atoms with E-state index in [1.165, 1.54) is 6.92 Å². The third-order valence-electron chi connectivity index (χ3n) is 2.73. The highest BCUT2D eigenvalue weighted by Crippen LogP contribution is 2.08. The van der Waals surface area contributed by atoms with Crippen molar-refractivity contribution in [3.05, 3.63) is 32.6 Å². The van der Waals surface area contributed by atoms with E-state index in [0.29, 0.717) is 0 Å². The molecule has 9 nitrogen and oxygen atoms in total. The Morgan fingerprint density at radius 2 is 2.00 bits per heavy atom. The van der Waals surface area contributed by atoms with Gasteiger partial charge in [0.15, 0.2) is 0 Å². The lowest BCUT2D eigenvalue weighted by Crippen LogP contribution is -2.59. The topological polar surface area (TPSA) is 132 Å². The predicted octanol–water partition coefficient (Wildman–Crippen LogP) is -2.45. The molecular formula is C10H10N4O5. The maximum absolute atomic E-state index is 12.1. The van der Waals surface area contributed by atoms with Gasteiger partial charge in [0.25, 0.3) is 11.5 Å². The van der Waals surface area contributed by atoms with Crippen LogP contribution in [-0.2, 0) is 9.59 Å². The molecular weight excluding hydrogens is 256 g/mol. The van der Waals surface area contributed by atoms with Gasteiger partial charge in [0, 0.05) is 6.20 Å². The van der Waals surface area contributed by atoms with Gasteiger partial charge < -0.3 is 9.88 Å². The Labute approximate surface area is 105 Å². The summed E-state index contributed by atoms with van der Waals surface area (Å²) >= 11 is 0. The Morgan fingerprint density at radius 1 is 1.32 bits per heavy atom. The number of piperazine rings is 1. The van der Waals surface area contributed by atoms with Crippen molar-refractivity contribution in [2.75, 3.05) is 6.54 Å². The van der Waals surface area contributed by atoms with E-state index in [4.69, 9.17) is 0 Å². The van der Waals surface area contributed by atoms with Crippen molar-refractivity contribution in [3.63, 3.8) is 0 Å². The van der Waals surface area contributed by atoms with Crippen LogP contribution in [0, 0.1) is 0 Å². The molecule has 1 aromatic heterocycles. The number of carbonyl (C=O) groups excluding carboxylic acids is 3. The van der Waals surface area contributed by atoms with Crippen LogP contribution in [0.5, 0.6) is 0 Å². The second kappa shape index (κ2) is 4.52. The summed E-state index contributed by atoms with van der Waals surface area (Å²) in [6.07, 6.45) is 0.952. The molecule has 1 aliphatic heterocycles. The van der Waals surface area contributed by atoms with E-state index in [9.17, 15) is 24.0 Å². The fourth-order valence-electron chi connectivity index (χ4n) is 1.69. The number of carbonyl (C=O) groups is 3. The largest absolute Gasteiger partial charge is 0.325 e. The molecule has 19 heavy (non-hydrogen) atoms. The second-order valence-electron chi connectivity index (χ2n) is 4.01. The first-order valence-electron chi connectivity index (χ1n) is 5.37. The van der Waals surface area contributed by atoms with E-state index in [2.05, 4.69) is 10.3 Å². The zero-order chi connectivity index (χ0) is 14.2. The maximum atomic E-state index is 12.1. The number of amides is 3. The highest BCUT2D eigenvalue weighted by atomic mass is 16.2. The van der Waals surface area contributed by atoms with Gasteiger partial charge in [0.05, 0.1) is 0 Å². The van der Waals surface area contributed by atoms with Crippen LogP contribution in [0.25, 0.3) is 0 Å². The number of hydrogen-bond acceptors (Lipinski definition) is 5. The van der Waals surface area contributed by atoms with Crippen molar-refractivity contribution in [2.45, 2.75) is 13.0 Å². The number of aromatic amines is 2. The van der Waals surface area contributed by atoms with Crippen LogP contribution in [0.15, 0.2) is 15.8 Å². The van der Waals surface area contributed by atoms with Crippen LogP contribution in [0.2, 0.25) is 0 Å². The molecule has 3 N–H and O–H groups in total. The quantitative estimate of drug-likeness (QED) is 0.485. The molecule has 1 saturated heterocycles. The van der Waals surface area contributed by atoms with Crippen LogP contribution in [0.3, 0.4) is 0 Å². The molecule has 1 unspecified atom stereocenters. The second-order valence-corrected chi connectivity index (χ2v) is 4.01. The molecule has 0 bridgehead atoms. The summed E-state index contributed by atoms with van der Waals surface area (Å²) in [5.74, 6) is -2.05. The molecule has 1 aromatic rings. The third kappa shape index (κ3) is 2.30. The van der Waals surface area contributed by atoms with E-state index < -0.39 is 35.0 Å². The average molecular weight is 266 g/mol. The standard InChI is InChI=1S/C10H10N4O5/c1-4-7(16)12-6(15)3-14(4)9(18)5-2-11-10(19)13-8(5)17/h2,4H,3H2,1H3,(H,12,15,16)(H2,11,13,17,19). The van der Waals surface area contributed by atoms with Gasteiger partial charge in [-0.2, -0.15) is 0 Å². The van der Waals surface area contributed by atoms with Crippen molar-refractivity contribution >= 4 is 17.7 Å². The number of imide groups is 1. The van der Waals surface area contributed by atoms with Crippen LogP contribution < -0.4 is 16.6 Å². The Balaban J connectivity index is 2.38. The zero-order valence-corrected chi connectivity index (χ0v) is 9.85. The summed E-state index contributed by atoms with van der Waals surface area (Å²) in [6.45, 7) is 1.10. The Morgan fingerprint density at radius 3 is 2.63 bits per heavy atom. The summed E-state index contributed by atoms with van der Waals surface area (Å²) in [5, 5.41) is 2.07. The minimum Gasteiger partial charge on any atom is -0.317 e. The number of H-pyrrole nitrogens is 2. The normalized spacial score (nSPS) is 19.2. The first kappa shape index (κ1) is 12.7. The number of aromatic nitrogens is 2. The summed E-state index contributed by atoms with van der Waals surface area (Å²) in [5.41, 5.74) is -1.96. The molecule has 0 aliphatic carbocycles. The zero-order valence-electron chi connectivity index (χ0n) is 9.85. The average Bonchev–Trinajstić information content (AvgIpc) is 2.33. The minimum absolute atomic E-state index is 0.329. The fourth-order valence-corrected chi connectivity index (χ4v) is 1.69. The molecule has 100 valence electrons. The molecule has 0 radical (unpaired) electrons. The fraction of sp³-hybridized carbons (Fsp3) is 0.300. The summed E-state index contributed by atoms with van der Waals surface area (Å²) in [7, 11) is 0. The van der Waals surface area contributed by atoms with Gasteiger partial charge in [-0.15, -0.1) is 0 Å². The first-order valence-corrected chi connectivity index (χ1v) is 5.37. The van der Waals surface area contributed by atoms with E-state index in [-0.39, 0.29) is 12.1 Å². The first-order chi connectivity index (χ1) is 8.90. The Kier molecular flexibility index (Phi) is 3.03. The third-order valence-corrected chi connectivity index (χ3v) is 2.73. The number of hydrogen-bond donors (Lipinski definition) is 3. The van der Waals surface area contributed by atoms with E-state index >= 15 is 0 Å². The highest BCUT2D eigenvalue weighted by molar-refractivity contribution is 6.06. The van der Waals surface area contributed by atoms with Crippen molar-refractivity contribution in [2.24, 2.45) is 0 Å². The molecule has 0 saturated carbocycles. The molecule has 1 aliphatic rings.